The Balaban J connectivity index is 1.64. The van der Waals surface area contributed by atoms with Crippen LogP contribution in [0.3, 0.4) is 0 Å². The molecule has 0 aliphatic heterocycles. The van der Waals surface area contributed by atoms with Gasteiger partial charge in [-0.1, -0.05) is 17.4 Å². The number of carbonyl (C=O) groups excluding carboxylic acids is 1. The van der Waals surface area contributed by atoms with Crippen LogP contribution >= 0.6 is 23.1 Å². The quantitative estimate of drug-likeness (QED) is 0.653. The largest absolute Gasteiger partial charge is 0.492 e. The molecule has 0 fully saturated rings. The van der Waals surface area contributed by atoms with Crippen LogP contribution in [0.25, 0.3) is 10.2 Å². The Morgan fingerprint density at radius 2 is 2.08 bits per heavy atom. The molecule has 0 saturated carbocycles. The van der Waals surface area contributed by atoms with Gasteiger partial charge in [-0.25, -0.2) is 9.37 Å². The summed E-state index contributed by atoms with van der Waals surface area (Å²) < 4.78 is 19.4. The fraction of sp³-hybridized carbons (Fsp3) is 0.176. The fourth-order valence-corrected chi connectivity index (χ4v) is 3.68. The molecule has 4 nitrogen and oxygen atoms in total. The van der Waals surface area contributed by atoms with Crippen molar-refractivity contribution in [3.63, 3.8) is 0 Å². The van der Waals surface area contributed by atoms with Crippen molar-refractivity contribution < 1.29 is 13.9 Å². The van der Waals surface area contributed by atoms with Crippen LogP contribution in [-0.4, -0.2) is 23.3 Å². The standard InChI is InChI=1S/C17H15FN2O2S2/c1-2-22-13-4-3-5-14-16(13)20-17(24-14)19-15(21)10-23-12-8-6-11(18)7-9-12/h3-9H,2,10H2,1H3,(H,19,20,21). The lowest BCUT2D eigenvalue weighted by Gasteiger charge is -2.02. The third kappa shape index (κ3) is 4.04. The van der Waals surface area contributed by atoms with Gasteiger partial charge in [0.2, 0.25) is 5.91 Å². The van der Waals surface area contributed by atoms with E-state index in [0.717, 1.165) is 15.1 Å². The average Bonchev–Trinajstić information content (AvgIpc) is 2.98. The summed E-state index contributed by atoms with van der Waals surface area (Å²) in [5, 5.41) is 3.34. The molecule has 0 bridgehead atoms. The number of fused-ring (bicyclic) bond motifs is 1. The summed E-state index contributed by atoms with van der Waals surface area (Å²) in [4.78, 5) is 17.4. The van der Waals surface area contributed by atoms with E-state index in [1.807, 2.05) is 25.1 Å². The second-order valence-electron chi connectivity index (χ2n) is 4.85. The molecule has 1 heterocycles. The summed E-state index contributed by atoms with van der Waals surface area (Å²) in [6.45, 7) is 2.48. The zero-order valence-corrected chi connectivity index (χ0v) is 14.5. The summed E-state index contributed by atoms with van der Waals surface area (Å²) in [5.41, 5.74) is 0.755. The minimum atomic E-state index is -0.289. The second kappa shape index (κ2) is 7.63. The van der Waals surface area contributed by atoms with Crippen molar-refractivity contribution in [2.75, 3.05) is 17.7 Å². The van der Waals surface area contributed by atoms with E-state index in [4.69, 9.17) is 4.74 Å². The number of ether oxygens (including phenoxy) is 1. The van der Waals surface area contributed by atoms with Crippen LogP contribution < -0.4 is 10.1 Å². The highest BCUT2D eigenvalue weighted by molar-refractivity contribution is 8.00. The van der Waals surface area contributed by atoms with Crippen molar-refractivity contribution in [1.82, 2.24) is 4.98 Å². The van der Waals surface area contributed by atoms with Crippen LogP contribution in [0.2, 0.25) is 0 Å². The maximum Gasteiger partial charge on any atom is 0.236 e. The smallest absolute Gasteiger partial charge is 0.236 e. The molecule has 0 unspecified atom stereocenters. The van der Waals surface area contributed by atoms with Gasteiger partial charge in [0, 0.05) is 4.90 Å². The van der Waals surface area contributed by atoms with Gasteiger partial charge in [-0.2, -0.15) is 0 Å². The van der Waals surface area contributed by atoms with Gasteiger partial charge in [0.15, 0.2) is 5.13 Å². The van der Waals surface area contributed by atoms with Gasteiger partial charge >= 0.3 is 0 Å². The van der Waals surface area contributed by atoms with E-state index >= 15 is 0 Å². The normalized spacial score (nSPS) is 10.8. The van der Waals surface area contributed by atoms with E-state index in [1.165, 1.54) is 35.2 Å². The van der Waals surface area contributed by atoms with Gasteiger partial charge < -0.3 is 10.1 Å². The van der Waals surface area contributed by atoms with Crippen molar-refractivity contribution in [2.24, 2.45) is 0 Å². The van der Waals surface area contributed by atoms with Crippen LogP contribution in [0.4, 0.5) is 9.52 Å². The Hall–Kier alpha value is -2.12. The van der Waals surface area contributed by atoms with Gasteiger partial charge in [0.1, 0.15) is 17.1 Å². The molecule has 1 N–H and O–H groups in total. The second-order valence-corrected chi connectivity index (χ2v) is 6.93. The minimum Gasteiger partial charge on any atom is -0.492 e. The summed E-state index contributed by atoms with van der Waals surface area (Å²) in [7, 11) is 0. The van der Waals surface area contributed by atoms with Crippen molar-refractivity contribution in [3.05, 3.63) is 48.3 Å². The molecule has 0 spiro atoms. The van der Waals surface area contributed by atoms with Crippen molar-refractivity contribution >= 4 is 44.4 Å². The molecular weight excluding hydrogens is 347 g/mol. The summed E-state index contributed by atoms with van der Waals surface area (Å²) >= 11 is 2.76. The SMILES string of the molecule is CCOc1cccc2sc(NC(=O)CSc3ccc(F)cc3)nc12. The molecule has 0 aliphatic rings. The van der Waals surface area contributed by atoms with Crippen LogP contribution in [0.15, 0.2) is 47.4 Å². The van der Waals surface area contributed by atoms with Crippen LogP contribution in [0.1, 0.15) is 6.92 Å². The van der Waals surface area contributed by atoms with Gasteiger partial charge in [0.05, 0.1) is 17.1 Å². The van der Waals surface area contributed by atoms with Crippen LogP contribution in [0, 0.1) is 5.82 Å². The predicted octanol–water partition coefficient (Wildman–Crippen LogP) is 4.56. The molecular formula is C17H15FN2O2S2. The average molecular weight is 362 g/mol. The maximum atomic E-state index is 12.9. The molecule has 24 heavy (non-hydrogen) atoms. The highest BCUT2D eigenvalue weighted by Crippen LogP contribution is 2.32. The van der Waals surface area contributed by atoms with Crippen molar-refractivity contribution in [1.29, 1.82) is 0 Å². The molecule has 3 aromatic rings. The zero-order valence-electron chi connectivity index (χ0n) is 12.9. The third-order valence-electron chi connectivity index (χ3n) is 3.11. The lowest BCUT2D eigenvalue weighted by Crippen LogP contribution is -2.13. The monoisotopic (exact) mass is 362 g/mol. The first-order valence-electron chi connectivity index (χ1n) is 7.36. The fourth-order valence-electron chi connectivity index (χ4n) is 2.08. The van der Waals surface area contributed by atoms with E-state index in [-0.39, 0.29) is 17.5 Å². The van der Waals surface area contributed by atoms with Gasteiger partial charge in [-0.3, -0.25) is 4.79 Å². The van der Waals surface area contributed by atoms with E-state index in [2.05, 4.69) is 10.3 Å². The third-order valence-corrected chi connectivity index (χ3v) is 5.06. The molecule has 0 atom stereocenters. The molecule has 2 aromatic carbocycles. The Bertz CT molecular complexity index is 849. The molecule has 1 amide bonds. The number of nitrogens with zero attached hydrogens (tertiary/aromatic N) is 1. The number of halogens is 1. The lowest BCUT2D eigenvalue weighted by molar-refractivity contribution is -0.113. The molecule has 3 rings (SSSR count). The lowest BCUT2D eigenvalue weighted by atomic mass is 10.3. The first kappa shape index (κ1) is 16.7. The summed E-state index contributed by atoms with van der Waals surface area (Å²) in [6, 6.07) is 11.8. The Labute approximate surface area is 147 Å². The van der Waals surface area contributed by atoms with Gasteiger partial charge in [-0.05, 0) is 43.3 Å². The summed E-state index contributed by atoms with van der Waals surface area (Å²) in [5.74, 6) is 0.511. The number of thiazole rings is 1. The number of aromatic nitrogens is 1. The highest BCUT2D eigenvalue weighted by atomic mass is 32.2. The van der Waals surface area contributed by atoms with Crippen molar-refractivity contribution in [2.45, 2.75) is 11.8 Å². The topological polar surface area (TPSA) is 51.2 Å². The Kier molecular flexibility index (Phi) is 5.32. The Morgan fingerprint density at radius 3 is 2.83 bits per heavy atom. The number of rotatable bonds is 6. The molecule has 0 saturated heterocycles. The first-order valence-corrected chi connectivity index (χ1v) is 9.16. The molecule has 7 heteroatoms. The van der Waals surface area contributed by atoms with E-state index in [9.17, 15) is 9.18 Å². The molecule has 1 aromatic heterocycles. The minimum absolute atomic E-state index is 0.152. The number of benzene rings is 2. The number of anilines is 1. The van der Waals surface area contributed by atoms with Gasteiger partial charge in [0.25, 0.3) is 0 Å². The maximum absolute atomic E-state index is 12.9. The summed E-state index contributed by atoms with van der Waals surface area (Å²) in [6.07, 6.45) is 0. The van der Waals surface area contributed by atoms with E-state index in [0.29, 0.717) is 17.5 Å². The molecule has 0 aliphatic carbocycles. The highest BCUT2D eigenvalue weighted by Gasteiger charge is 2.11. The number of hydrogen-bond donors (Lipinski definition) is 1. The van der Waals surface area contributed by atoms with Crippen LogP contribution in [0.5, 0.6) is 5.75 Å². The first-order chi connectivity index (χ1) is 11.7. The molecule has 0 radical (unpaired) electrons. The predicted molar refractivity (Wildman–Crippen MR) is 96.5 cm³/mol. The van der Waals surface area contributed by atoms with Crippen molar-refractivity contribution in [3.8, 4) is 5.75 Å². The van der Waals surface area contributed by atoms with E-state index in [1.54, 1.807) is 12.1 Å². The number of carbonyl (C=O) groups is 1. The van der Waals surface area contributed by atoms with Gasteiger partial charge in [-0.15, -0.1) is 11.8 Å². The van der Waals surface area contributed by atoms with Crippen LogP contribution in [-0.2, 0) is 4.79 Å². The number of hydrogen-bond acceptors (Lipinski definition) is 5. The molecule has 124 valence electrons. The number of amides is 1. The Morgan fingerprint density at radius 1 is 1.29 bits per heavy atom. The number of thioether (sulfide) groups is 1. The number of nitrogens with one attached hydrogen (secondary N) is 1. The zero-order chi connectivity index (χ0) is 16.9. The van der Waals surface area contributed by atoms with E-state index < -0.39 is 0 Å². The number of para-hydroxylation sites is 1.